The fraction of sp³-hybridized carbons (Fsp3) is 0.462. The first-order chi connectivity index (χ1) is 9.02. The Hall–Kier alpha value is -1.40. The monoisotopic (exact) mass is 284 g/mol. The quantitative estimate of drug-likeness (QED) is 0.742. The van der Waals surface area contributed by atoms with Crippen LogP contribution in [0.5, 0.6) is 0 Å². The van der Waals surface area contributed by atoms with Gasteiger partial charge in [0.25, 0.3) is 0 Å². The number of anilines is 1. The van der Waals surface area contributed by atoms with Gasteiger partial charge in [0.05, 0.1) is 0 Å². The van der Waals surface area contributed by atoms with Crippen molar-refractivity contribution in [1.29, 1.82) is 0 Å². The molecule has 6 heteroatoms. The van der Waals surface area contributed by atoms with E-state index in [0.29, 0.717) is 18.7 Å². The number of amides is 2. The number of urea groups is 1. The van der Waals surface area contributed by atoms with Crippen LogP contribution in [0, 0.1) is 5.92 Å². The predicted octanol–water partition coefficient (Wildman–Crippen LogP) is 1.56. The number of carbonyl (C=O) groups excluding carboxylic acids is 1. The molecule has 0 aliphatic rings. The van der Waals surface area contributed by atoms with Gasteiger partial charge in [-0.05, 0) is 36.6 Å². The van der Waals surface area contributed by atoms with Crippen LogP contribution in [0.15, 0.2) is 29.2 Å². The normalized spacial score (nSPS) is 13.6. The summed E-state index contributed by atoms with van der Waals surface area (Å²) in [5.74, 6) is 0.237. The van der Waals surface area contributed by atoms with Gasteiger partial charge in [-0.1, -0.05) is 6.92 Å². The number of rotatable bonds is 6. The molecule has 2 unspecified atom stereocenters. The Morgan fingerprint density at radius 2 is 2.00 bits per heavy atom. The van der Waals surface area contributed by atoms with Gasteiger partial charge in [-0.25, -0.2) is 4.79 Å². The van der Waals surface area contributed by atoms with Crippen molar-refractivity contribution in [3.05, 3.63) is 24.3 Å². The minimum absolute atomic E-state index is 0.125. The fourth-order valence-electron chi connectivity index (χ4n) is 1.49. The van der Waals surface area contributed by atoms with Gasteiger partial charge in [-0.15, -0.1) is 0 Å². The van der Waals surface area contributed by atoms with Gasteiger partial charge in [0.1, 0.15) is 0 Å². The lowest BCUT2D eigenvalue weighted by atomic mass is 10.1. The number of hydrogen-bond acceptors (Lipinski definition) is 3. The molecule has 2 amide bonds. The summed E-state index contributed by atoms with van der Waals surface area (Å²) < 4.78 is 11.2. The SMILES string of the molecule is CC(CCO)CNC(=O)Nc1ccc(S(C)=O)cc1. The molecule has 0 radical (unpaired) electrons. The molecular weight excluding hydrogens is 264 g/mol. The number of hydrogen-bond donors (Lipinski definition) is 3. The van der Waals surface area contributed by atoms with Crippen molar-refractivity contribution in [2.24, 2.45) is 5.92 Å². The van der Waals surface area contributed by atoms with E-state index in [1.165, 1.54) is 0 Å². The number of benzene rings is 1. The molecule has 0 fully saturated rings. The molecule has 0 saturated carbocycles. The number of aliphatic hydroxyl groups excluding tert-OH is 1. The standard InChI is InChI=1S/C13H20N2O3S/c1-10(7-8-16)9-14-13(17)15-11-3-5-12(6-4-11)19(2)18/h3-6,10,16H,7-9H2,1-2H3,(H2,14,15,17). The van der Waals surface area contributed by atoms with Gasteiger partial charge < -0.3 is 15.7 Å². The van der Waals surface area contributed by atoms with Crippen molar-refractivity contribution in [3.8, 4) is 0 Å². The van der Waals surface area contributed by atoms with Gasteiger partial charge in [0.15, 0.2) is 0 Å². The molecule has 0 spiro atoms. The number of carbonyl (C=O) groups is 1. The summed E-state index contributed by atoms with van der Waals surface area (Å²) in [4.78, 5) is 12.3. The third-order valence-corrected chi connectivity index (χ3v) is 3.61. The second kappa shape index (κ2) is 7.91. The van der Waals surface area contributed by atoms with Crippen LogP contribution < -0.4 is 10.6 Å². The zero-order valence-electron chi connectivity index (χ0n) is 11.2. The molecule has 1 aromatic carbocycles. The minimum Gasteiger partial charge on any atom is -0.396 e. The van der Waals surface area contributed by atoms with E-state index in [2.05, 4.69) is 10.6 Å². The highest BCUT2D eigenvalue weighted by molar-refractivity contribution is 7.84. The van der Waals surface area contributed by atoms with E-state index < -0.39 is 10.8 Å². The highest BCUT2D eigenvalue weighted by Crippen LogP contribution is 2.11. The molecule has 0 saturated heterocycles. The lowest BCUT2D eigenvalue weighted by Crippen LogP contribution is -2.32. The highest BCUT2D eigenvalue weighted by atomic mass is 32.2. The molecule has 2 atom stereocenters. The van der Waals surface area contributed by atoms with E-state index in [4.69, 9.17) is 5.11 Å². The topological polar surface area (TPSA) is 78.4 Å². The first-order valence-electron chi connectivity index (χ1n) is 6.12. The van der Waals surface area contributed by atoms with Gasteiger partial charge >= 0.3 is 6.03 Å². The van der Waals surface area contributed by atoms with Gasteiger partial charge in [-0.3, -0.25) is 4.21 Å². The average molecular weight is 284 g/mol. The van der Waals surface area contributed by atoms with Crippen LogP contribution in [0.1, 0.15) is 13.3 Å². The zero-order valence-corrected chi connectivity index (χ0v) is 12.0. The minimum atomic E-state index is -1.01. The second-order valence-electron chi connectivity index (χ2n) is 4.43. The van der Waals surface area contributed by atoms with E-state index in [1.54, 1.807) is 30.5 Å². The van der Waals surface area contributed by atoms with Crippen molar-refractivity contribution >= 4 is 22.5 Å². The Kier molecular flexibility index (Phi) is 6.52. The van der Waals surface area contributed by atoms with E-state index in [-0.39, 0.29) is 18.6 Å². The highest BCUT2D eigenvalue weighted by Gasteiger charge is 2.05. The Morgan fingerprint density at radius 3 is 2.53 bits per heavy atom. The number of aliphatic hydroxyl groups is 1. The summed E-state index contributed by atoms with van der Waals surface area (Å²) in [6.07, 6.45) is 2.27. The Bertz CT molecular complexity index is 434. The third kappa shape index (κ3) is 5.85. The summed E-state index contributed by atoms with van der Waals surface area (Å²) in [5.41, 5.74) is 0.654. The third-order valence-electron chi connectivity index (χ3n) is 2.68. The smallest absolute Gasteiger partial charge is 0.319 e. The Morgan fingerprint density at radius 1 is 1.37 bits per heavy atom. The zero-order chi connectivity index (χ0) is 14.3. The predicted molar refractivity (Wildman–Crippen MR) is 76.7 cm³/mol. The molecule has 0 heterocycles. The number of nitrogens with one attached hydrogen (secondary N) is 2. The van der Waals surface area contributed by atoms with E-state index >= 15 is 0 Å². The second-order valence-corrected chi connectivity index (χ2v) is 5.81. The Labute approximate surface area is 115 Å². The summed E-state index contributed by atoms with van der Waals surface area (Å²) in [6, 6.07) is 6.59. The average Bonchev–Trinajstić information content (AvgIpc) is 2.37. The van der Waals surface area contributed by atoms with Crippen LogP contribution >= 0.6 is 0 Å². The summed E-state index contributed by atoms with van der Waals surface area (Å²) >= 11 is 0. The lowest BCUT2D eigenvalue weighted by molar-refractivity contribution is 0.243. The molecule has 19 heavy (non-hydrogen) atoms. The maximum absolute atomic E-state index is 11.6. The van der Waals surface area contributed by atoms with E-state index in [9.17, 15) is 9.00 Å². The van der Waals surface area contributed by atoms with Crippen LogP contribution in [-0.4, -0.2) is 34.8 Å². The lowest BCUT2D eigenvalue weighted by Gasteiger charge is -2.12. The molecule has 0 aromatic heterocycles. The Balaban J connectivity index is 2.42. The largest absolute Gasteiger partial charge is 0.396 e. The van der Waals surface area contributed by atoms with Gasteiger partial charge in [0.2, 0.25) is 0 Å². The molecule has 1 aromatic rings. The van der Waals surface area contributed by atoms with Gasteiger partial charge in [0, 0.05) is 40.8 Å². The molecule has 1 rings (SSSR count). The molecule has 0 aliphatic heterocycles. The molecular formula is C13H20N2O3S. The summed E-state index contributed by atoms with van der Waals surface area (Å²) in [7, 11) is -1.01. The maximum Gasteiger partial charge on any atom is 0.319 e. The maximum atomic E-state index is 11.6. The van der Waals surface area contributed by atoms with Gasteiger partial charge in [-0.2, -0.15) is 0 Å². The van der Waals surface area contributed by atoms with Crippen LogP contribution in [0.25, 0.3) is 0 Å². The molecule has 0 aliphatic carbocycles. The molecule has 0 bridgehead atoms. The van der Waals surface area contributed by atoms with Crippen molar-refractivity contribution in [2.75, 3.05) is 24.7 Å². The van der Waals surface area contributed by atoms with Crippen LogP contribution in [-0.2, 0) is 10.8 Å². The summed E-state index contributed by atoms with van der Waals surface area (Å²) in [5, 5.41) is 14.2. The van der Waals surface area contributed by atoms with Crippen LogP contribution in [0.2, 0.25) is 0 Å². The van der Waals surface area contributed by atoms with Crippen molar-refractivity contribution < 1.29 is 14.1 Å². The van der Waals surface area contributed by atoms with E-state index in [1.807, 2.05) is 6.92 Å². The fourth-order valence-corrected chi connectivity index (χ4v) is 2.01. The van der Waals surface area contributed by atoms with Crippen molar-refractivity contribution in [1.82, 2.24) is 5.32 Å². The van der Waals surface area contributed by atoms with E-state index in [0.717, 1.165) is 4.90 Å². The van der Waals surface area contributed by atoms with Crippen LogP contribution in [0.3, 0.4) is 0 Å². The van der Waals surface area contributed by atoms with Crippen molar-refractivity contribution in [2.45, 2.75) is 18.2 Å². The first kappa shape index (κ1) is 15.7. The molecule has 5 nitrogen and oxygen atoms in total. The summed E-state index contributed by atoms with van der Waals surface area (Å²) in [6.45, 7) is 2.60. The van der Waals surface area contributed by atoms with Crippen molar-refractivity contribution in [3.63, 3.8) is 0 Å². The molecule has 3 N–H and O–H groups in total. The first-order valence-corrected chi connectivity index (χ1v) is 7.68. The molecule has 106 valence electrons. The van der Waals surface area contributed by atoms with Crippen LogP contribution in [0.4, 0.5) is 10.5 Å².